The third-order valence-corrected chi connectivity index (χ3v) is 7.02. The van der Waals surface area contributed by atoms with E-state index in [4.69, 9.17) is 9.72 Å². The maximum Gasteiger partial charge on any atom is 0.400 e. The first-order chi connectivity index (χ1) is 16.0. The predicted molar refractivity (Wildman–Crippen MR) is 129 cm³/mol. The van der Waals surface area contributed by atoms with E-state index in [-0.39, 0.29) is 18.3 Å². The molecule has 2 fully saturated rings. The van der Waals surface area contributed by atoms with Crippen LogP contribution in [0.25, 0.3) is 0 Å². The number of nitrogens with zero attached hydrogens (tertiary/aromatic N) is 4. The SMILES string of the molecule is CCOC(F)(F)c1cc(N2CCN(CCC3CCC(NC=O)CC3)CC2C)nc(C(C)(C)C)n1. The number of anilines is 1. The molecule has 1 unspecified atom stereocenters. The number of carbonyl (C=O) groups excluding carboxylic acids is 1. The second-order valence-corrected chi connectivity index (χ2v) is 10.8. The van der Waals surface area contributed by atoms with E-state index in [0.29, 0.717) is 23.6 Å². The minimum atomic E-state index is -3.45. The van der Waals surface area contributed by atoms with Gasteiger partial charge in [0.05, 0.1) is 6.61 Å². The number of hydrogen-bond acceptors (Lipinski definition) is 6. The molecule has 1 atom stereocenters. The largest absolute Gasteiger partial charge is 0.400 e. The summed E-state index contributed by atoms with van der Waals surface area (Å²) in [6, 6.07) is 1.88. The summed E-state index contributed by atoms with van der Waals surface area (Å²) >= 11 is 0. The zero-order valence-corrected chi connectivity index (χ0v) is 21.3. The molecule has 1 saturated heterocycles. The Morgan fingerprint density at radius 3 is 2.47 bits per heavy atom. The molecule has 1 aliphatic carbocycles. The van der Waals surface area contributed by atoms with Crippen LogP contribution >= 0.6 is 0 Å². The summed E-state index contributed by atoms with van der Waals surface area (Å²) in [4.78, 5) is 24.1. The normalized spacial score (nSPS) is 24.8. The molecule has 0 radical (unpaired) electrons. The van der Waals surface area contributed by atoms with Gasteiger partial charge in [0.1, 0.15) is 17.3 Å². The highest BCUT2D eigenvalue weighted by Gasteiger charge is 2.37. The first-order valence-electron chi connectivity index (χ1n) is 12.6. The van der Waals surface area contributed by atoms with Crippen LogP contribution in [-0.2, 0) is 21.1 Å². The maximum atomic E-state index is 14.6. The highest BCUT2D eigenvalue weighted by Crippen LogP contribution is 2.33. The van der Waals surface area contributed by atoms with Crippen molar-refractivity contribution < 1.29 is 18.3 Å². The highest BCUT2D eigenvalue weighted by atomic mass is 19.3. The number of alkyl halides is 2. The van der Waals surface area contributed by atoms with Gasteiger partial charge >= 0.3 is 6.11 Å². The highest BCUT2D eigenvalue weighted by molar-refractivity contribution is 5.46. The number of rotatable bonds is 9. The van der Waals surface area contributed by atoms with Crippen LogP contribution in [0, 0.1) is 5.92 Å². The van der Waals surface area contributed by atoms with E-state index >= 15 is 0 Å². The van der Waals surface area contributed by atoms with Crippen LogP contribution in [-0.4, -0.2) is 66.1 Å². The minimum absolute atomic E-state index is 0.0957. The summed E-state index contributed by atoms with van der Waals surface area (Å²) in [5, 5.41) is 2.91. The molecule has 9 heteroatoms. The first kappa shape index (κ1) is 26.7. The molecular weight excluding hydrogens is 440 g/mol. The fourth-order valence-corrected chi connectivity index (χ4v) is 4.98. The Morgan fingerprint density at radius 2 is 1.88 bits per heavy atom. The molecule has 0 aromatic carbocycles. The molecule has 7 nitrogen and oxygen atoms in total. The molecule has 1 amide bonds. The molecule has 1 aromatic rings. The van der Waals surface area contributed by atoms with Gasteiger partial charge in [0.15, 0.2) is 0 Å². The Labute approximate surface area is 202 Å². The van der Waals surface area contributed by atoms with E-state index in [2.05, 4.69) is 27.0 Å². The van der Waals surface area contributed by atoms with Crippen LogP contribution < -0.4 is 10.2 Å². The van der Waals surface area contributed by atoms with Crippen molar-refractivity contribution in [1.29, 1.82) is 0 Å². The fraction of sp³-hybridized carbons (Fsp3) is 0.800. The monoisotopic (exact) mass is 481 g/mol. The van der Waals surface area contributed by atoms with Gasteiger partial charge in [-0.2, -0.15) is 8.78 Å². The molecule has 0 spiro atoms. The van der Waals surface area contributed by atoms with Crippen molar-refractivity contribution in [3.05, 3.63) is 17.6 Å². The lowest BCUT2D eigenvalue weighted by Gasteiger charge is -2.41. The minimum Gasteiger partial charge on any atom is -0.356 e. The zero-order chi connectivity index (χ0) is 24.9. The van der Waals surface area contributed by atoms with Gasteiger partial charge in [-0.25, -0.2) is 9.97 Å². The lowest BCUT2D eigenvalue weighted by Crippen LogP contribution is -2.52. The number of amides is 1. The standard InChI is InChI=1S/C25H41F2N5O2/c1-6-34-25(26,27)21-15-22(30-23(29-21)24(3,4)5)32-14-13-31(16-18(32)2)12-11-19-7-9-20(10-8-19)28-17-33/h15,17-20H,6-14,16H2,1-5H3,(H,28,33). The number of nitrogens with one attached hydrogen (secondary N) is 1. The van der Waals surface area contributed by atoms with E-state index < -0.39 is 11.5 Å². The van der Waals surface area contributed by atoms with Gasteiger partial charge in [-0.1, -0.05) is 20.8 Å². The van der Waals surface area contributed by atoms with Crippen LogP contribution in [0.15, 0.2) is 6.07 Å². The lowest BCUT2D eigenvalue weighted by molar-refractivity contribution is -0.248. The molecular formula is C25H41F2N5O2. The Balaban J connectivity index is 1.64. The molecule has 1 aromatic heterocycles. The van der Waals surface area contributed by atoms with Gasteiger partial charge in [0.25, 0.3) is 0 Å². The fourth-order valence-electron chi connectivity index (χ4n) is 4.98. The third kappa shape index (κ3) is 6.84. The average Bonchev–Trinajstić information content (AvgIpc) is 2.78. The van der Waals surface area contributed by atoms with E-state index in [1.54, 1.807) is 6.92 Å². The first-order valence-corrected chi connectivity index (χ1v) is 12.6. The number of carbonyl (C=O) groups is 1. The van der Waals surface area contributed by atoms with Crippen LogP contribution in [0.2, 0.25) is 0 Å². The zero-order valence-electron chi connectivity index (χ0n) is 21.3. The summed E-state index contributed by atoms with van der Waals surface area (Å²) in [7, 11) is 0. The third-order valence-electron chi connectivity index (χ3n) is 7.02. The van der Waals surface area contributed by atoms with Gasteiger partial charge in [0.2, 0.25) is 6.41 Å². The van der Waals surface area contributed by atoms with Crippen LogP contribution in [0.4, 0.5) is 14.6 Å². The molecule has 1 aliphatic heterocycles. The number of ether oxygens (including phenoxy) is 1. The van der Waals surface area contributed by atoms with Gasteiger partial charge < -0.3 is 15.0 Å². The number of piperazine rings is 1. The quantitative estimate of drug-likeness (QED) is 0.537. The lowest BCUT2D eigenvalue weighted by atomic mass is 9.84. The van der Waals surface area contributed by atoms with Crippen molar-refractivity contribution in [3.8, 4) is 0 Å². The van der Waals surface area contributed by atoms with Gasteiger partial charge in [-0.15, -0.1) is 0 Å². The Hall–Kier alpha value is -1.87. The van der Waals surface area contributed by atoms with Crippen molar-refractivity contribution in [1.82, 2.24) is 20.2 Å². The van der Waals surface area contributed by atoms with Crippen molar-refractivity contribution in [2.45, 2.75) is 90.3 Å². The predicted octanol–water partition coefficient (Wildman–Crippen LogP) is 4.07. The Bertz CT molecular complexity index is 809. The van der Waals surface area contributed by atoms with Gasteiger partial charge in [-0.05, 0) is 58.4 Å². The smallest absolute Gasteiger partial charge is 0.356 e. The van der Waals surface area contributed by atoms with E-state index in [1.807, 2.05) is 20.8 Å². The number of hydrogen-bond donors (Lipinski definition) is 1. The van der Waals surface area contributed by atoms with Crippen LogP contribution in [0.5, 0.6) is 0 Å². The molecule has 1 N–H and O–H groups in total. The van der Waals surface area contributed by atoms with Crippen molar-refractivity contribution >= 4 is 12.2 Å². The number of halogens is 2. The van der Waals surface area contributed by atoms with E-state index in [0.717, 1.165) is 64.7 Å². The van der Waals surface area contributed by atoms with Gasteiger partial charge in [-0.3, -0.25) is 9.69 Å². The van der Waals surface area contributed by atoms with Crippen molar-refractivity contribution in [3.63, 3.8) is 0 Å². The van der Waals surface area contributed by atoms with Crippen LogP contribution in [0.1, 0.15) is 78.2 Å². The average molecular weight is 482 g/mol. The Kier molecular flexibility index (Phi) is 8.84. The van der Waals surface area contributed by atoms with E-state index in [9.17, 15) is 13.6 Å². The molecule has 1 saturated carbocycles. The summed E-state index contributed by atoms with van der Waals surface area (Å²) < 4.78 is 33.9. The molecule has 2 heterocycles. The summed E-state index contributed by atoms with van der Waals surface area (Å²) in [6.07, 6.45) is 2.97. The van der Waals surface area contributed by atoms with E-state index in [1.165, 1.54) is 6.07 Å². The molecule has 2 aliphatic rings. The molecule has 0 bridgehead atoms. The number of aromatic nitrogens is 2. The second-order valence-electron chi connectivity index (χ2n) is 10.8. The molecule has 3 rings (SSSR count). The maximum absolute atomic E-state index is 14.6. The molecule has 34 heavy (non-hydrogen) atoms. The van der Waals surface area contributed by atoms with Crippen LogP contribution in [0.3, 0.4) is 0 Å². The molecule has 192 valence electrons. The summed E-state index contributed by atoms with van der Waals surface area (Å²) in [5.41, 5.74) is -0.836. The second kappa shape index (κ2) is 11.2. The van der Waals surface area contributed by atoms with Crippen molar-refractivity contribution in [2.24, 2.45) is 5.92 Å². The van der Waals surface area contributed by atoms with Gasteiger partial charge in [0, 0.05) is 43.2 Å². The topological polar surface area (TPSA) is 70.6 Å². The summed E-state index contributed by atoms with van der Waals surface area (Å²) in [6.45, 7) is 12.9. The Morgan fingerprint density at radius 1 is 1.18 bits per heavy atom. The summed E-state index contributed by atoms with van der Waals surface area (Å²) in [5.74, 6) is 1.65. The van der Waals surface area contributed by atoms with Crippen molar-refractivity contribution in [2.75, 3.05) is 37.7 Å².